The van der Waals surface area contributed by atoms with Gasteiger partial charge in [0.25, 0.3) is 0 Å². The van der Waals surface area contributed by atoms with Crippen molar-refractivity contribution in [3.05, 3.63) is 40.4 Å². The van der Waals surface area contributed by atoms with Gasteiger partial charge in [-0.1, -0.05) is 35.0 Å². The van der Waals surface area contributed by atoms with E-state index >= 15 is 0 Å². The lowest BCUT2D eigenvalue weighted by Crippen LogP contribution is -2.35. The molecule has 1 aromatic rings. The minimum Gasteiger partial charge on any atom is -0.497 e. The molecule has 1 unspecified atom stereocenters. The minimum absolute atomic E-state index is 0.0169. The van der Waals surface area contributed by atoms with Gasteiger partial charge in [-0.2, -0.15) is 0 Å². The Kier molecular flexibility index (Phi) is 6.87. The first-order valence-electron chi connectivity index (χ1n) is 8.19. The normalized spacial score (nSPS) is 23.1. The SMILES string of the molecule is COc1ccc(CO[C@@H](/C(C)=C\Br)[C@@H](C)C2COC(C)(C)O2)cc1. The molecule has 24 heavy (non-hydrogen) atoms. The van der Waals surface area contributed by atoms with Crippen LogP contribution in [0.4, 0.5) is 0 Å². The van der Waals surface area contributed by atoms with Gasteiger partial charge in [-0.3, -0.25) is 0 Å². The highest BCUT2D eigenvalue weighted by Crippen LogP contribution is 2.31. The molecule has 0 N–H and O–H groups in total. The van der Waals surface area contributed by atoms with E-state index in [-0.39, 0.29) is 18.1 Å². The highest BCUT2D eigenvalue weighted by atomic mass is 79.9. The van der Waals surface area contributed by atoms with E-state index in [1.807, 2.05) is 43.1 Å². The summed E-state index contributed by atoms with van der Waals surface area (Å²) in [4.78, 5) is 1.92. The molecule has 0 aliphatic carbocycles. The van der Waals surface area contributed by atoms with Crippen LogP contribution in [0, 0.1) is 5.92 Å². The van der Waals surface area contributed by atoms with Gasteiger partial charge in [-0.05, 0) is 49.0 Å². The maximum absolute atomic E-state index is 6.22. The van der Waals surface area contributed by atoms with Crippen LogP contribution in [0.5, 0.6) is 5.75 Å². The van der Waals surface area contributed by atoms with Gasteiger partial charge in [0.1, 0.15) is 5.75 Å². The van der Waals surface area contributed by atoms with Gasteiger partial charge >= 0.3 is 0 Å². The molecular formula is C19H27BrO4. The largest absolute Gasteiger partial charge is 0.497 e. The highest BCUT2D eigenvalue weighted by Gasteiger charge is 2.39. The smallest absolute Gasteiger partial charge is 0.163 e. The van der Waals surface area contributed by atoms with Crippen LogP contribution >= 0.6 is 15.9 Å². The molecule has 0 bridgehead atoms. The zero-order chi connectivity index (χ0) is 17.7. The Morgan fingerprint density at radius 3 is 2.54 bits per heavy atom. The second-order valence-electron chi connectivity index (χ2n) is 6.66. The van der Waals surface area contributed by atoms with Crippen LogP contribution in [0.2, 0.25) is 0 Å². The van der Waals surface area contributed by atoms with Crippen molar-refractivity contribution in [3.8, 4) is 5.75 Å². The molecule has 0 spiro atoms. The monoisotopic (exact) mass is 398 g/mol. The molecule has 2 rings (SSSR count). The molecule has 1 aliphatic rings. The number of halogens is 1. The van der Waals surface area contributed by atoms with Crippen molar-refractivity contribution in [2.24, 2.45) is 5.92 Å². The third kappa shape index (κ3) is 5.06. The molecule has 0 aromatic heterocycles. The van der Waals surface area contributed by atoms with Crippen molar-refractivity contribution < 1.29 is 18.9 Å². The van der Waals surface area contributed by atoms with Gasteiger partial charge in [0.2, 0.25) is 0 Å². The standard InChI is InChI=1S/C19H27BrO4/c1-13(10-20)18(14(2)17-12-23-19(3,4)24-17)22-11-15-6-8-16(21-5)9-7-15/h6-10,14,17-18H,11-12H2,1-5H3/b13-10-/t14-,17?,18-/m0/s1. The molecule has 1 aromatic carbocycles. The lowest BCUT2D eigenvalue weighted by atomic mass is 9.94. The van der Waals surface area contributed by atoms with E-state index in [1.54, 1.807) is 7.11 Å². The van der Waals surface area contributed by atoms with E-state index in [0.29, 0.717) is 13.2 Å². The first-order valence-corrected chi connectivity index (χ1v) is 9.11. The van der Waals surface area contributed by atoms with Gasteiger partial charge in [0, 0.05) is 5.92 Å². The van der Waals surface area contributed by atoms with E-state index in [4.69, 9.17) is 18.9 Å². The van der Waals surface area contributed by atoms with Gasteiger partial charge in [0.15, 0.2) is 5.79 Å². The van der Waals surface area contributed by atoms with E-state index in [9.17, 15) is 0 Å². The van der Waals surface area contributed by atoms with Crippen molar-refractivity contribution in [1.29, 1.82) is 0 Å². The topological polar surface area (TPSA) is 36.9 Å². The molecular weight excluding hydrogens is 372 g/mol. The predicted octanol–water partition coefficient (Wildman–Crippen LogP) is 4.67. The zero-order valence-electron chi connectivity index (χ0n) is 15.0. The molecule has 0 amide bonds. The van der Waals surface area contributed by atoms with Crippen LogP contribution in [-0.4, -0.2) is 31.7 Å². The van der Waals surface area contributed by atoms with Crippen LogP contribution in [0.3, 0.4) is 0 Å². The van der Waals surface area contributed by atoms with Crippen molar-refractivity contribution in [1.82, 2.24) is 0 Å². The van der Waals surface area contributed by atoms with Crippen LogP contribution < -0.4 is 4.74 Å². The molecule has 0 radical (unpaired) electrons. The lowest BCUT2D eigenvalue weighted by Gasteiger charge is -2.29. The summed E-state index contributed by atoms with van der Waals surface area (Å²) >= 11 is 3.43. The maximum Gasteiger partial charge on any atom is 0.163 e. The third-order valence-corrected chi connectivity index (χ3v) is 5.03. The fourth-order valence-corrected chi connectivity index (χ4v) is 3.10. The van der Waals surface area contributed by atoms with Gasteiger partial charge < -0.3 is 18.9 Å². The lowest BCUT2D eigenvalue weighted by molar-refractivity contribution is -0.149. The number of ether oxygens (including phenoxy) is 4. The molecule has 1 fully saturated rings. The van der Waals surface area contributed by atoms with Crippen molar-refractivity contribution >= 4 is 15.9 Å². The quantitative estimate of drug-likeness (QED) is 0.668. The average molecular weight is 399 g/mol. The highest BCUT2D eigenvalue weighted by molar-refractivity contribution is 9.11. The molecule has 4 nitrogen and oxygen atoms in total. The predicted molar refractivity (Wildman–Crippen MR) is 98.3 cm³/mol. The fourth-order valence-electron chi connectivity index (χ4n) is 2.84. The van der Waals surface area contributed by atoms with Crippen molar-refractivity contribution in [2.45, 2.75) is 52.3 Å². The van der Waals surface area contributed by atoms with Crippen LogP contribution in [0.25, 0.3) is 0 Å². The molecule has 1 aliphatic heterocycles. The summed E-state index contributed by atoms with van der Waals surface area (Å²) in [6, 6.07) is 7.93. The number of methoxy groups -OCH3 is 1. The summed E-state index contributed by atoms with van der Waals surface area (Å²) in [5.74, 6) is 0.503. The van der Waals surface area contributed by atoms with Crippen LogP contribution in [-0.2, 0) is 20.8 Å². The number of hydrogen-bond acceptors (Lipinski definition) is 4. The Morgan fingerprint density at radius 1 is 1.38 bits per heavy atom. The zero-order valence-corrected chi connectivity index (χ0v) is 16.6. The summed E-state index contributed by atoms with van der Waals surface area (Å²) in [5.41, 5.74) is 2.24. The summed E-state index contributed by atoms with van der Waals surface area (Å²) in [5, 5.41) is 0. The van der Waals surface area contributed by atoms with Crippen LogP contribution in [0.15, 0.2) is 34.8 Å². The molecule has 134 valence electrons. The minimum atomic E-state index is -0.522. The number of benzene rings is 1. The first-order chi connectivity index (χ1) is 11.4. The van der Waals surface area contributed by atoms with Gasteiger partial charge in [0.05, 0.1) is 32.5 Å². The average Bonchev–Trinajstić information content (AvgIpc) is 2.95. The van der Waals surface area contributed by atoms with Gasteiger partial charge in [-0.25, -0.2) is 0 Å². The van der Waals surface area contributed by atoms with Crippen molar-refractivity contribution in [3.63, 3.8) is 0 Å². The maximum atomic E-state index is 6.22. The Bertz CT molecular complexity index is 553. The Morgan fingerprint density at radius 2 is 2.04 bits per heavy atom. The number of hydrogen-bond donors (Lipinski definition) is 0. The van der Waals surface area contributed by atoms with E-state index in [2.05, 4.69) is 29.8 Å². The fraction of sp³-hybridized carbons (Fsp3) is 0.579. The summed E-state index contributed by atoms with van der Waals surface area (Å²) in [6.07, 6.45) is -0.0303. The van der Waals surface area contributed by atoms with Crippen LogP contribution in [0.1, 0.15) is 33.3 Å². The molecule has 3 atom stereocenters. The Hall–Kier alpha value is -0.880. The van der Waals surface area contributed by atoms with E-state index in [0.717, 1.165) is 16.9 Å². The Balaban J connectivity index is 2.02. The second kappa shape index (κ2) is 8.48. The van der Waals surface area contributed by atoms with Crippen molar-refractivity contribution in [2.75, 3.05) is 13.7 Å². The Labute approximate surface area is 153 Å². The van der Waals surface area contributed by atoms with Gasteiger partial charge in [-0.15, -0.1) is 0 Å². The summed E-state index contributed by atoms with van der Waals surface area (Å²) in [7, 11) is 1.67. The molecule has 5 heteroatoms. The van der Waals surface area contributed by atoms with E-state index in [1.165, 1.54) is 0 Å². The number of rotatable bonds is 7. The first kappa shape index (κ1) is 19.4. The summed E-state index contributed by atoms with van der Waals surface area (Å²) < 4.78 is 23.1. The third-order valence-electron chi connectivity index (χ3n) is 4.30. The van der Waals surface area contributed by atoms with E-state index < -0.39 is 5.79 Å². The summed E-state index contributed by atoms with van der Waals surface area (Å²) in [6.45, 7) is 9.22. The molecule has 0 saturated carbocycles. The molecule has 1 saturated heterocycles. The molecule has 1 heterocycles. The second-order valence-corrected chi connectivity index (χ2v) is 7.12.